The lowest BCUT2D eigenvalue weighted by molar-refractivity contribution is 1.42. The van der Waals surface area contributed by atoms with Crippen molar-refractivity contribution in [3.05, 3.63) is 69.7 Å². The lowest BCUT2D eigenvalue weighted by Gasteiger charge is -2.07. The number of fused-ring (bicyclic) bond motifs is 3. The van der Waals surface area contributed by atoms with Gasteiger partial charge in [0.2, 0.25) is 0 Å². The van der Waals surface area contributed by atoms with Crippen LogP contribution in [0.15, 0.2) is 46.9 Å². The molecule has 4 rings (SSSR count). The molecular formula is C21H17BrN. The van der Waals surface area contributed by atoms with E-state index >= 15 is 0 Å². The molecule has 0 aliphatic carbocycles. The van der Waals surface area contributed by atoms with Crippen molar-refractivity contribution in [2.24, 2.45) is 0 Å². The molecular weight excluding hydrogens is 346 g/mol. The summed E-state index contributed by atoms with van der Waals surface area (Å²) in [5, 5.41) is 2.57. The van der Waals surface area contributed by atoms with Crippen LogP contribution >= 0.6 is 15.9 Å². The van der Waals surface area contributed by atoms with Gasteiger partial charge in [-0.3, -0.25) is 0 Å². The normalized spacial score (nSPS) is 11.5. The van der Waals surface area contributed by atoms with Gasteiger partial charge in [0.05, 0.1) is 5.52 Å². The number of nitrogens with one attached hydrogen (secondary N) is 1. The third-order valence-corrected chi connectivity index (χ3v) is 4.71. The molecule has 1 heterocycles. The van der Waals surface area contributed by atoms with Gasteiger partial charge >= 0.3 is 0 Å². The highest BCUT2D eigenvalue weighted by molar-refractivity contribution is 9.10. The fraction of sp³-hybridized carbons (Fsp3) is 0.143. The molecule has 0 aliphatic heterocycles. The SMILES string of the molecule is Cc1cc(Br)[c]c(-c2cc(C)cc3c2[nH]c2ccc(C)cc23)c1. The molecule has 1 N–H and O–H groups in total. The molecule has 0 amide bonds. The Bertz CT molecular complexity index is 1040. The molecule has 0 aliphatic rings. The van der Waals surface area contributed by atoms with Crippen LogP contribution in [0.1, 0.15) is 16.7 Å². The molecule has 23 heavy (non-hydrogen) atoms. The summed E-state index contributed by atoms with van der Waals surface area (Å²) in [5.74, 6) is 0. The van der Waals surface area contributed by atoms with E-state index < -0.39 is 0 Å². The highest BCUT2D eigenvalue weighted by Crippen LogP contribution is 2.35. The maximum absolute atomic E-state index is 3.60. The van der Waals surface area contributed by atoms with Crippen LogP contribution in [0.2, 0.25) is 0 Å². The first-order chi connectivity index (χ1) is 11.0. The number of H-pyrrole nitrogens is 1. The second-order valence-corrected chi connectivity index (χ2v) is 7.18. The quantitative estimate of drug-likeness (QED) is 0.399. The highest BCUT2D eigenvalue weighted by atomic mass is 79.9. The Morgan fingerprint density at radius 2 is 1.57 bits per heavy atom. The number of benzene rings is 3. The standard InChI is InChI=1S/C21H17BrN/c1-12-4-5-20-18(8-12)19-10-14(3)9-17(21(19)23-20)15-6-13(2)7-16(22)11-15/h4-10,23H,1-3H3. The molecule has 113 valence electrons. The average Bonchev–Trinajstić information content (AvgIpc) is 2.83. The van der Waals surface area contributed by atoms with Gasteiger partial charge in [0.15, 0.2) is 0 Å². The lowest BCUT2D eigenvalue weighted by atomic mass is 9.98. The summed E-state index contributed by atoms with van der Waals surface area (Å²) in [4.78, 5) is 3.60. The number of rotatable bonds is 1. The third-order valence-electron chi connectivity index (χ3n) is 4.28. The molecule has 0 unspecified atom stereocenters. The van der Waals surface area contributed by atoms with Crippen LogP contribution in [-0.2, 0) is 0 Å². The number of aromatic nitrogens is 1. The van der Waals surface area contributed by atoms with E-state index in [4.69, 9.17) is 0 Å². The van der Waals surface area contributed by atoms with E-state index in [1.807, 2.05) is 0 Å². The smallest absolute Gasteiger partial charge is 0.0544 e. The zero-order valence-electron chi connectivity index (χ0n) is 13.4. The first-order valence-electron chi connectivity index (χ1n) is 7.74. The largest absolute Gasteiger partial charge is 0.354 e. The molecule has 0 atom stereocenters. The van der Waals surface area contributed by atoms with Crippen LogP contribution < -0.4 is 0 Å². The van der Waals surface area contributed by atoms with Crippen LogP contribution in [0.4, 0.5) is 0 Å². The predicted octanol–water partition coefficient (Wildman–Crippen LogP) is 6.48. The summed E-state index contributed by atoms with van der Waals surface area (Å²) in [6.07, 6.45) is 0. The van der Waals surface area contributed by atoms with Crippen molar-refractivity contribution in [3.8, 4) is 11.1 Å². The van der Waals surface area contributed by atoms with Crippen molar-refractivity contribution in [1.82, 2.24) is 4.98 Å². The number of halogens is 1. The van der Waals surface area contributed by atoms with Gasteiger partial charge in [0.25, 0.3) is 0 Å². The summed E-state index contributed by atoms with van der Waals surface area (Å²) in [7, 11) is 0. The Morgan fingerprint density at radius 3 is 2.35 bits per heavy atom. The van der Waals surface area contributed by atoms with E-state index in [9.17, 15) is 0 Å². The summed E-state index contributed by atoms with van der Waals surface area (Å²) in [6.45, 7) is 6.41. The molecule has 1 radical (unpaired) electrons. The van der Waals surface area contributed by atoms with Crippen molar-refractivity contribution in [1.29, 1.82) is 0 Å². The first kappa shape index (κ1) is 14.5. The third kappa shape index (κ3) is 2.47. The Kier molecular flexibility index (Phi) is 3.31. The topological polar surface area (TPSA) is 15.8 Å². The summed E-state index contributed by atoms with van der Waals surface area (Å²) < 4.78 is 0.995. The number of aryl methyl sites for hydroxylation is 3. The van der Waals surface area contributed by atoms with Crippen molar-refractivity contribution in [2.45, 2.75) is 20.8 Å². The fourth-order valence-corrected chi connectivity index (χ4v) is 3.86. The molecule has 0 fully saturated rings. The van der Waals surface area contributed by atoms with E-state index in [1.165, 1.54) is 44.1 Å². The summed E-state index contributed by atoms with van der Waals surface area (Å²) >= 11 is 3.57. The van der Waals surface area contributed by atoms with Crippen molar-refractivity contribution in [2.75, 3.05) is 0 Å². The van der Waals surface area contributed by atoms with E-state index in [1.54, 1.807) is 0 Å². The van der Waals surface area contributed by atoms with Crippen LogP contribution in [0.3, 0.4) is 0 Å². The second-order valence-electron chi connectivity index (χ2n) is 6.33. The molecule has 2 heteroatoms. The van der Waals surface area contributed by atoms with E-state index in [-0.39, 0.29) is 0 Å². The number of hydrogen-bond donors (Lipinski definition) is 1. The summed E-state index contributed by atoms with van der Waals surface area (Å²) in [5.41, 5.74) is 8.47. The minimum atomic E-state index is 0.995. The minimum absolute atomic E-state index is 0.995. The van der Waals surface area contributed by atoms with Gasteiger partial charge < -0.3 is 4.98 Å². The van der Waals surface area contributed by atoms with Gasteiger partial charge in [-0.2, -0.15) is 0 Å². The molecule has 0 spiro atoms. The molecule has 0 saturated heterocycles. The van der Waals surface area contributed by atoms with E-state index in [2.05, 4.69) is 90.2 Å². The Balaban J connectivity index is 2.12. The Labute approximate surface area is 144 Å². The molecule has 4 aromatic rings. The number of hydrogen-bond acceptors (Lipinski definition) is 0. The van der Waals surface area contributed by atoms with Crippen LogP contribution in [0.25, 0.3) is 32.9 Å². The van der Waals surface area contributed by atoms with Gasteiger partial charge in [0.1, 0.15) is 0 Å². The Morgan fingerprint density at radius 1 is 0.826 bits per heavy atom. The average molecular weight is 363 g/mol. The first-order valence-corrected chi connectivity index (χ1v) is 8.53. The van der Waals surface area contributed by atoms with Gasteiger partial charge in [-0.15, -0.1) is 0 Å². The highest BCUT2D eigenvalue weighted by Gasteiger charge is 2.12. The molecule has 0 saturated carbocycles. The van der Waals surface area contributed by atoms with Crippen LogP contribution in [-0.4, -0.2) is 4.98 Å². The fourth-order valence-electron chi connectivity index (χ4n) is 3.29. The van der Waals surface area contributed by atoms with Crippen molar-refractivity contribution < 1.29 is 0 Å². The predicted molar refractivity (Wildman–Crippen MR) is 102 cm³/mol. The van der Waals surface area contributed by atoms with Crippen molar-refractivity contribution in [3.63, 3.8) is 0 Å². The van der Waals surface area contributed by atoms with E-state index in [0.29, 0.717) is 0 Å². The maximum Gasteiger partial charge on any atom is 0.0544 e. The Hall–Kier alpha value is -2.06. The molecule has 1 aromatic heterocycles. The van der Waals surface area contributed by atoms with E-state index in [0.717, 1.165) is 10.0 Å². The van der Waals surface area contributed by atoms with Crippen LogP contribution in [0, 0.1) is 26.8 Å². The van der Waals surface area contributed by atoms with Gasteiger partial charge in [-0.1, -0.05) is 33.6 Å². The van der Waals surface area contributed by atoms with Gasteiger partial charge in [-0.25, -0.2) is 0 Å². The van der Waals surface area contributed by atoms with Gasteiger partial charge in [-0.05, 0) is 67.8 Å². The lowest BCUT2D eigenvalue weighted by Crippen LogP contribution is -1.85. The molecule has 3 aromatic carbocycles. The molecule has 0 bridgehead atoms. The maximum atomic E-state index is 3.60. The number of aromatic amines is 1. The second kappa shape index (κ2) is 5.24. The van der Waals surface area contributed by atoms with Gasteiger partial charge in [0, 0.05) is 32.4 Å². The zero-order valence-corrected chi connectivity index (χ0v) is 15.0. The summed E-state index contributed by atoms with van der Waals surface area (Å²) in [6, 6.07) is 18.8. The molecule has 1 nitrogen and oxygen atoms in total. The zero-order chi connectivity index (χ0) is 16.1. The monoisotopic (exact) mass is 362 g/mol. The van der Waals surface area contributed by atoms with Crippen LogP contribution in [0.5, 0.6) is 0 Å². The van der Waals surface area contributed by atoms with Crippen molar-refractivity contribution >= 4 is 37.7 Å². The minimum Gasteiger partial charge on any atom is -0.354 e.